The van der Waals surface area contributed by atoms with E-state index < -0.39 is 0 Å². The second-order valence-corrected chi connectivity index (χ2v) is 2.06. The average Bonchev–Trinajstić information content (AvgIpc) is 2.14. The highest BCUT2D eigenvalue weighted by Gasteiger charge is 2.11. The highest BCUT2D eigenvalue weighted by atomic mass is 16.5. The van der Waals surface area contributed by atoms with Crippen molar-refractivity contribution in [2.24, 2.45) is 0 Å². The van der Waals surface area contributed by atoms with Crippen LogP contribution in [0.4, 0.5) is 0 Å². The first-order valence-corrected chi connectivity index (χ1v) is 2.73. The van der Waals surface area contributed by atoms with Gasteiger partial charge in [0, 0.05) is 6.08 Å². The minimum Gasteiger partial charge on any atom is -0.458 e. The number of hydrogen-bond donors (Lipinski definition) is 0. The molecule has 2 heteroatoms. The van der Waals surface area contributed by atoms with Gasteiger partial charge in [-0.1, -0.05) is 12.2 Å². The second kappa shape index (κ2) is 2.05. The van der Waals surface area contributed by atoms with Gasteiger partial charge in [0.25, 0.3) is 0 Å². The first-order chi connectivity index (χ1) is 4.20. The summed E-state index contributed by atoms with van der Waals surface area (Å²) in [5, 5.41) is 0. The first-order valence-electron chi connectivity index (χ1n) is 2.73. The van der Waals surface area contributed by atoms with Crippen LogP contribution < -0.4 is 0 Å². The van der Waals surface area contributed by atoms with E-state index in [0.29, 0.717) is 6.61 Å². The number of carbonyl (C=O) groups excluding carboxylic acids is 1. The van der Waals surface area contributed by atoms with E-state index in [1.54, 1.807) is 0 Å². The largest absolute Gasteiger partial charge is 0.458 e. The summed E-state index contributed by atoms with van der Waals surface area (Å²) in [5.74, 6) is -0.256. The zero-order chi connectivity index (χ0) is 6.85. The monoisotopic (exact) mass is 124 g/mol. The van der Waals surface area contributed by atoms with Crippen LogP contribution in [0.25, 0.3) is 0 Å². The normalized spacial score (nSPS) is 17.0. The summed E-state index contributed by atoms with van der Waals surface area (Å²) in [6.45, 7) is 5.92. The molecule has 0 radical (unpaired) electrons. The SMILES string of the molecule is C=C(C)C1=CC(=O)OC1. The molecule has 0 atom stereocenters. The molecule has 0 bridgehead atoms. The van der Waals surface area contributed by atoms with Crippen LogP contribution >= 0.6 is 0 Å². The molecule has 0 fully saturated rings. The van der Waals surface area contributed by atoms with Crippen molar-refractivity contribution in [2.75, 3.05) is 6.61 Å². The van der Waals surface area contributed by atoms with Gasteiger partial charge in [-0.05, 0) is 12.5 Å². The Morgan fingerprint density at radius 2 is 2.56 bits per heavy atom. The molecule has 1 aliphatic heterocycles. The fourth-order valence-corrected chi connectivity index (χ4v) is 0.621. The van der Waals surface area contributed by atoms with Gasteiger partial charge in [-0.15, -0.1) is 0 Å². The van der Waals surface area contributed by atoms with Crippen LogP contribution in [0.3, 0.4) is 0 Å². The molecule has 0 spiro atoms. The van der Waals surface area contributed by atoms with Gasteiger partial charge in [0.05, 0.1) is 0 Å². The Labute approximate surface area is 53.8 Å². The molecule has 1 aliphatic rings. The smallest absolute Gasteiger partial charge is 0.331 e. The standard InChI is InChI=1S/C7H8O2/c1-5(2)6-3-7(8)9-4-6/h3H,1,4H2,2H3. The van der Waals surface area contributed by atoms with Crippen molar-refractivity contribution in [2.45, 2.75) is 6.92 Å². The molecule has 2 nitrogen and oxygen atoms in total. The second-order valence-electron chi connectivity index (χ2n) is 2.06. The zero-order valence-electron chi connectivity index (χ0n) is 5.31. The fraction of sp³-hybridized carbons (Fsp3) is 0.286. The molecule has 1 rings (SSSR count). The van der Waals surface area contributed by atoms with E-state index in [1.807, 2.05) is 6.92 Å². The van der Waals surface area contributed by atoms with Gasteiger partial charge in [-0.3, -0.25) is 0 Å². The molecular formula is C7H8O2. The molecule has 9 heavy (non-hydrogen) atoms. The summed E-state index contributed by atoms with van der Waals surface area (Å²) >= 11 is 0. The highest BCUT2D eigenvalue weighted by molar-refractivity contribution is 5.86. The highest BCUT2D eigenvalue weighted by Crippen LogP contribution is 2.12. The Kier molecular flexibility index (Phi) is 1.39. The van der Waals surface area contributed by atoms with E-state index in [2.05, 4.69) is 11.3 Å². The Hall–Kier alpha value is -1.05. The van der Waals surface area contributed by atoms with Crippen molar-refractivity contribution in [1.29, 1.82) is 0 Å². The van der Waals surface area contributed by atoms with Crippen LogP contribution in [0.1, 0.15) is 6.92 Å². The summed E-state index contributed by atoms with van der Waals surface area (Å²) in [7, 11) is 0. The zero-order valence-corrected chi connectivity index (χ0v) is 5.31. The maximum Gasteiger partial charge on any atom is 0.331 e. The molecule has 48 valence electrons. The Morgan fingerprint density at radius 3 is 2.78 bits per heavy atom. The summed E-state index contributed by atoms with van der Waals surface area (Å²) in [4.78, 5) is 10.4. The van der Waals surface area contributed by atoms with E-state index in [-0.39, 0.29) is 5.97 Å². The van der Waals surface area contributed by atoms with Crippen molar-refractivity contribution in [3.05, 3.63) is 23.8 Å². The average molecular weight is 124 g/mol. The summed E-state index contributed by atoms with van der Waals surface area (Å²) < 4.78 is 4.63. The van der Waals surface area contributed by atoms with E-state index in [9.17, 15) is 4.79 Å². The van der Waals surface area contributed by atoms with Crippen molar-refractivity contribution in [3.63, 3.8) is 0 Å². The van der Waals surface area contributed by atoms with E-state index in [1.165, 1.54) is 6.08 Å². The number of cyclic esters (lactones) is 1. The minimum absolute atomic E-state index is 0.256. The van der Waals surface area contributed by atoms with Crippen molar-refractivity contribution in [3.8, 4) is 0 Å². The lowest BCUT2D eigenvalue weighted by Crippen LogP contribution is -1.91. The van der Waals surface area contributed by atoms with Gasteiger partial charge in [0.2, 0.25) is 0 Å². The lowest BCUT2D eigenvalue weighted by atomic mass is 10.1. The predicted molar refractivity (Wildman–Crippen MR) is 33.9 cm³/mol. The van der Waals surface area contributed by atoms with Crippen LogP contribution in [0, 0.1) is 0 Å². The molecule has 0 aromatic rings. The van der Waals surface area contributed by atoms with E-state index >= 15 is 0 Å². The lowest BCUT2D eigenvalue weighted by molar-refractivity contribution is -0.134. The van der Waals surface area contributed by atoms with Crippen LogP contribution in [-0.2, 0) is 9.53 Å². The van der Waals surface area contributed by atoms with Crippen molar-refractivity contribution >= 4 is 5.97 Å². The van der Waals surface area contributed by atoms with E-state index in [4.69, 9.17) is 0 Å². The molecule has 0 aromatic heterocycles. The van der Waals surface area contributed by atoms with Crippen molar-refractivity contribution < 1.29 is 9.53 Å². The Balaban J connectivity index is 2.74. The molecule has 0 saturated carbocycles. The van der Waals surface area contributed by atoms with Gasteiger partial charge in [0.1, 0.15) is 6.61 Å². The molecule has 0 amide bonds. The number of ether oxygens (including phenoxy) is 1. The van der Waals surface area contributed by atoms with Gasteiger partial charge in [-0.2, -0.15) is 0 Å². The van der Waals surface area contributed by atoms with Crippen LogP contribution in [0.2, 0.25) is 0 Å². The number of rotatable bonds is 1. The van der Waals surface area contributed by atoms with E-state index in [0.717, 1.165) is 11.1 Å². The van der Waals surface area contributed by atoms with Crippen LogP contribution in [0.15, 0.2) is 23.8 Å². The molecular weight excluding hydrogens is 116 g/mol. The molecule has 0 saturated heterocycles. The number of carbonyl (C=O) groups is 1. The molecule has 0 aliphatic carbocycles. The maximum absolute atomic E-state index is 10.4. The van der Waals surface area contributed by atoms with Crippen LogP contribution in [0.5, 0.6) is 0 Å². The minimum atomic E-state index is -0.256. The number of esters is 1. The summed E-state index contributed by atoms with van der Waals surface area (Å²) in [5.41, 5.74) is 1.81. The maximum atomic E-state index is 10.4. The third-order valence-corrected chi connectivity index (χ3v) is 1.21. The Bertz CT molecular complexity index is 189. The van der Waals surface area contributed by atoms with Gasteiger partial charge in [0.15, 0.2) is 0 Å². The molecule has 0 unspecified atom stereocenters. The first kappa shape index (κ1) is 6.08. The van der Waals surface area contributed by atoms with Crippen molar-refractivity contribution in [1.82, 2.24) is 0 Å². The summed E-state index contributed by atoms with van der Waals surface area (Å²) in [6, 6.07) is 0. The lowest BCUT2D eigenvalue weighted by Gasteiger charge is -1.94. The quantitative estimate of drug-likeness (QED) is 0.488. The molecule has 1 heterocycles. The molecule has 0 aromatic carbocycles. The third-order valence-electron chi connectivity index (χ3n) is 1.21. The predicted octanol–water partition coefficient (Wildman–Crippen LogP) is 1.05. The third kappa shape index (κ3) is 1.19. The van der Waals surface area contributed by atoms with Crippen LogP contribution in [-0.4, -0.2) is 12.6 Å². The fourth-order valence-electron chi connectivity index (χ4n) is 0.621. The van der Waals surface area contributed by atoms with Gasteiger partial charge >= 0.3 is 5.97 Å². The van der Waals surface area contributed by atoms with Gasteiger partial charge < -0.3 is 4.74 Å². The van der Waals surface area contributed by atoms with Gasteiger partial charge in [-0.25, -0.2) is 4.79 Å². The molecule has 0 N–H and O–H groups in total. The summed E-state index contributed by atoms with van der Waals surface area (Å²) in [6.07, 6.45) is 1.47. The Morgan fingerprint density at radius 1 is 1.89 bits per heavy atom. The topological polar surface area (TPSA) is 26.3 Å². The number of hydrogen-bond acceptors (Lipinski definition) is 2.